The van der Waals surface area contributed by atoms with Crippen LogP contribution in [0, 0.1) is 0 Å². The third kappa shape index (κ3) is 3.53. The van der Waals surface area contributed by atoms with Crippen LogP contribution in [0.25, 0.3) is 0 Å². The number of aliphatic carboxylic acids is 1. The maximum absolute atomic E-state index is 12.2. The minimum Gasteiger partial charge on any atom is -0.479 e. The number of hydrogen-bond donors (Lipinski definition) is 4. The minimum atomic E-state index is -5.67. The summed E-state index contributed by atoms with van der Waals surface area (Å²) in [6, 6.07) is 0. The SMILES string of the molecule is CCOP(=O)(O)C(C(=O)O)(P(=O)(O)OCC)P(=O)(O)OCC. The highest BCUT2D eigenvalue weighted by Gasteiger charge is 2.80. The van der Waals surface area contributed by atoms with Gasteiger partial charge in [-0.25, -0.2) is 4.79 Å². The number of hydrogen-bond acceptors (Lipinski definition) is 7. The van der Waals surface area contributed by atoms with E-state index in [1.54, 1.807) is 0 Å². The first-order chi connectivity index (χ1) is 9.88. The Labute approximate surface area is 126 Å². The molecule has 3 unspecified atom stereocenters. The largest absolute Gasteiger partial charge is 0.479 e. The van der Waals surface area contributed by atoms with Crippen molar-refractivity contribution >= 4 is 28.8 Å². The fourth-order valence-corrected chi connectivity index (χ4v) is 8.82. The zero-order chi connectivity index (χ0) is 17.8. The summed E-state index contributed by atoms with van der Waals surface area (Å²) in [6.45, 7) is 1.84. The third-order valence-corrected chi connectivity index (χ3v) is 11.7. The number of carboxylic acid groups (broad SMARTS) is 1. The molecule has 0 bridgehead atoms. The van der Waals surface area contributed by atoms with Gasteiger partial charge in [-0.1, -0.05) is 0 Å². The molecule has 0 aromatic carbocycles. The molecule has 0 radical (unpaired) electrons. The van der Waals surface area contributed by atoms with E-state index >= 15 is 0 Å². The van der Waals surface area contributed by atoms with Gasteiger partial charge in [0.15, 0.2) is 0 Å². The van der Waals surface area contributed by atoms with Gasteiger partial charge in [-0.05, 0) is 20.8 Å². The monoisotopic (exact) mass is 384 g/mol. The molecule has 0 fully saturated rings. The molecule has 0 aliphatic rings. The second-order valence-electron chi connectivity index (χ2n) is 3.76. The van der Waals surface area contributed by atoms with Gasteiger partial charge in [0.2, 0.25) is 0 Å². The van der Waals surface area contributed by atoms with Crippen LogP contribution in [-0.2, 0) is 32.1 Å². The van der Waals surface area contributed by atoms with Gasteiger partial charge in [0.25, 0.3) is 0 Å². The molecule has 22 heavy (non-hydrogen) atoms. The summed E-state index contributed by atoms with van der Waals surface area (Å²) in [5.41, 5.74) is 0. The Hall–Kier alpha value is -0.0800. The predicted octanol–water partition coefficient (Wildman–Crippen LogP) is 1.39. The first-order valence-corrected chi connectivity index (χ1v) is 10.8. The molecule has 0 heterocycles. The van der Waals surface area contributed by atoms with E-state index in [0.29, 0.717) is 0 Å². The van der Waals surface area contributed by atoms with Crippen molar-refractivity contribution in [1.82, 2.24) is 0 Å². The van der Waals surface area contributed by atoms with E-state index in [1.165, 1.54) is 20.8 Å². The molecule has 0 aliphatic heterocycles. The van der Waals surface area contributed by atoms with Crippen LogP contribution in [0.15, 0.2) is 0 Å². The van der Waals surface area contributed by atoms with Crippen molar-refractivity contribution in [2.75, 3.05) is 19.8 Å². The zero-order valence-corrected chi connectivity index (χ0v) is 14.8. The summed E-state index contributed by atoms with van der Waals surface area (Å²) in [6.07, 6.45) is 0. The lowest BCUT2D eigenvalue weighted by atomic mass is 10.8. The van der Waals surface area contributed by atoms with Crippen molar-refractivity contribution < 1.29 is 51.8 Å². The molecule has 11 nitrogen and oxygen atoms in total. The molecule has 0 saturated carbocycles. The van der Waals surface area contributed by atoms with Crippen LogP contribution in [0.1, 0.15) is 20.8 Å². The summed E-state index contributed by atoms with van der Waals surface area (Å²) < 4.78 is 45.7. The third-order valence-electron chi connectivity index (χ3n) is 2.38. The Bertz CT molecular complexity index is 479. The Kier molecular flexibility index (Phi) is 7.63. The fourth-order valence-electron chi connectivity index (χ4n) is 1.64. The molecule has 0 aromatic rings. The molecule has 0 rings (SSSR count). The highest BCUT2D eigenvalue weighted by molar-refractivity contribution is 7.91. The van der Waals surface area contributed by atoms with E-state index in [0.717, 1.165) is 0 Å². The van der Waals surface area contributed by atoms with Gasteiger partial charge in [0, 0.05) is 0 Å². The topological polar surface area (TPSA) is 177 Å². The molecule has 4 N–H and O–H groups in total. The Morgan fingerprint density at radius 3 is 1.18 bits per heavy atom. The van der Waals surface area contributed by atoms with E-state index in [4.69, 9.17) is 0 Å². The smallest absolute Gasteiger partial charge is 0.370 e. The summed E-state index contributed by atoms with van der Waals surface area (Å²) >= 11 is 0. The Balaban J connectivity index is 6.76. The van der Waals surface area contributed by atoms with Gasteiger partial charge in [0.1, 0.15) is 0 Å². The quantitative estimate of drug-likeness (QED) is 0.400. The Morgan fingerprint density at radius 1 is 0.818 bits per heavy atom. The van der Waals surface area contributed by atoms with Crippen LogP contribution < -0.4 is 0 Å². The maximum atomic E-state index is 12.2. The first-order valence-electron chi connectivity index (χ1n) is 6.03. The van der Waals surface area contributed by atoms with E-state index in [-0.39, 0.29) is 0 Å². The summed E-state index contributed by atoms with van der Waals surface area (Å²) in [5.74, 6) is -2.52. The van der Waals surface area contributed by atoms with Crippen molar-refractivity contribution in [2.24, 2.45) is 0 Å². The standard InChI is InChI=1S/C8H19O11P3/c1-4-17-20(11,12)8(7(9)10,21(13,14)18-5-2)22(15,16)19-6-3/h4-6H2,1-3H3,(H,9,10)(H,11,12)(H,13,14)(H,15,16). The summed E-state index contributed by atoms with van der Waals surface area (Å²) in [4.78, 5) is 41.1. The van der Waals surface area contributed by atoms with Crippen molar-refractivity contribution in [3.05, 3.63) is 0 Å². The average molecular weight is 384 g/mol. The number of carbonyl (C=O) groups is 1. The van der Waals surface area contributed by atoms with Gasteiger partial charge >= 0.3 is 33.4 Å². The van der Waals surface area contributed by atoms with Crippen LogP contribution in [-0.4, -0.2) is 50.2 Å². The predicted molar refractivity (Wildman–Crippen MR) is 74.7 cm³/mol. The molecule has 3 atom stereocenters. The van der Waals surface area contributed by atoms with E-state index in [1.807, 2.05) is 0 Å². The van der Waals surface area contributed by atoms with Gasteiger partial charge in [-0.2, -0.15) is 0 Å². The number of carboxylic acids is 1. The minimum absolute atomic E-state index is 0.568. The van der Waals surface area contributed by atoms with Gasteiger partial charge in [-0.3, -0.25) is 13.7 Å². The lowest BCUT2D eigenvalue weighted by Crippen LogP contribution is -2.40. The van der Waals surface area contributed by atoms with Crippen molar-refractivity contribution in [3.63, 3.8) is 0 Å². The summed E-state index contributed by atoms with van der Waals surface area (Å²) in [7, 11) is -17.0. The van der Waals surface area contributed by atoms with Crippen LogP contribution in [0.3, 0.4) is 0 Å². The fraction of sp³-hybridized carbons (Fsp3) is 0.875. The highest BCUT2D eigenvalue weighted by atomic mass is 31.3. The van der Waals surface area contributed by atoms with Crippen LogP contribution in [0.5, 0.6) is 0 Å². The van der Waals surface area contributed by atoms with E-state index < -0.39 is 53.2 Å². The van der Waals surface area contributed by atoms with Crippen LogP contribution >= 0.6 is 22.8 Å². The molecule has 0 spiro atoms. The average Bonchev–Trinajstić information content (AvgIpc) is 2.26. The van der Waals surface area contributed by atoms with Gasteiger partial charge < -0.3 is 33.4 Å². The summed E-state index contributed by atoms with van der Waals surface area (Å²) in [5, 5.41) is 9.27. The maximum Gasteiger partial charge on any atom is 0.370 e. The molecular weight excluding hydrogens is 365 g/mol. The molecule has 0 saturated heterocycles. The van der Waals surface area contributed by atoms with Gasteiger partial charge in [0.05, 0.1) is 19.8 Å². The number of rotatable bonds is 10. The van der Waals surface area contributed by atoms with E-state index in [9.17, 15) is 38.3 Å². The molecule has 0 aromatic heterocycles. The first kappa shape index (κ1) is 21.9. The van der Waals surface area contributed by atoms with Crippen molar-refractivity contribution in [1.29, 1.82) is 0 Å². The molecule has 14 heteroatoms. The molecule has 132 valence electrons. The van der Waals surface area contributed by atoms with E-state index in [2.05, 4.69) is 13.6 Å². The molecular formula is C8H19O11P3. The van der Waals surface area contributed by atoms with Crippen LogP contribution in [0.4, 0.5) is 0 Å². The lowest BCUT2D eigenvalue weighted by Gasteiger charge is -2.36. The second kappa shape index (κ2) is 7.66. The normalized spacial score (nSPS) is 22.8. The van der Waals surface area contributed by atoms with Crippen molar-refractivity contribution in [3.8, 4) is 0 Å². The van der Waals surface area contributed by atoms with Gasteiger partial charge in [-0.15, -0.1) is 0 Å². The highest BCUT2D eigenvalue weighted by Crippen LogP contribution is 2.87. The Morgan fingerprint density at radius 2 is 1.05 bits per heavy atom. The van der Waals surface area contributed by atoms with Crippen molar-refractivity contribution in [2.45, 2.75) is 25.4 Å². The lowest BCUT2D eigenvalue weighted by molar-refractivity contribution is -0.137. The zero-order valence-electron chi connectivity index (χ0n) is 12.1. The molecule has 0 aliphatic carbocycles. The second-order valence-corrected chi connectivity index (χ2v) is 10.7. The molecule has 0 amide bonds. The van der Waals surface area contributed by atoms with Crippen LogP contribution in [0.2, 0.25) is 0 Å².